The summed E-state index contributed by atoms with van der Waals surface area (Å²) in [5, 5.41) is 2.99. The van der Waals surface area contributed by atoms with Gasteiger partial charge in [0.1, 0.15) is 5.69 Å². The third-order valence-electron chi connectivity index (χ3n) is 4.71. The zero-order valence-corrected chi connectivity index (χ0v) is 15.9. The number of amides is 1. The van der Waals surface area contributed by atoms with Crippen LogP contribution in [0.3, 0.4) is 0 Å². The van der Waals surface area contributed by atoms with E-state index in [1.54, 1.807) is 19.4 Å². The highest BCUT2D eigenvalue weighted by molar-refractivity contribution is 6.05. The van der Waals surface area contributed by atoms with Gasteiger partial charge in [-0.2, -0.15) is 0 Å². The minimum Gasteiger partial charge on any atom is -0.463 e. The molecule has 2 aromatic carbocycles. The largest absolute Gasteiger partial charge is 0.463 e. The van der Waals surface area contributed by atoms with Gasteiger partial charge in [-0.05, 0) is 30.2 Å². The molecule has 2 aromatic heterocycles. The molecule has 2 heterocycles. The molecule has 0 aliphatic heterocycles. The van der Waals surface area contributed by atoms with E-state index < -0.39 is 0 Å². The number of benzene rings is 2. The molecule has 142 valence electrons. The Kier molecular flexibility index (Phi) is 5.00. The lowest BCUT2D eigenvalue weighted by molar-refractivity contribution is 0.101. The Bertz CT molecular complexity index is 1110. The van der Waals surface area contributed by atoms with Crippen molar-refractivity contribution >= 4 is 22.7 Å². The smallest absolute Gasteiger partial charge is 0.272 e. The van der Waals surface area contributed by atoms with Crippen LogP contribution >= 0.6 is 0 Å². The first-order valence-electron chi connectivity index (χ1n) is 9.15. The van der Waals surface area contributed by atoms with Crippen LogP contribution in [0.4, 0.5) is 5.69 Å². The molecule has 5 heteroatoms. The predicted molar refractivity (Wildman–Crippen MR) is 110 cm³/mol. The predicted octanol–water partition coefficient (Wildman–Crippen LogP) is 4.99. The monoisotopic (exact) mass is 374 g/mol. The minimum absolute atomic E-state index is 0.173. The maximum Gasteiger partial charge on any atom is 0.272 e. The Hall–Kier alpha value is -3.31. The topological polar surface area (TPSA) is 56.4 Å². The van der Waals surface area contributed by atoms with Crippen molar-refractivity contribution in [3.05, 3.63) is 89.3 Å². The van der Waals surface area contributed by atoms with Gasteiger partial charge in [0.15, 0.2) is 5.58 Å². The van der Waals surface area contributed by atoms with Crippen molar-refractivity contribution in [1.82, 2.24) is 4.57 Å². The van der Waals surface area contributed by atoms with Gasteiger partial charge in [0.05, 0.1) is 18.4 Å². The molecule has 0 radical (unpaired) electrons. The van der Waals surface area contributed by atoms with Crippen LogP contribution in [0.1, 0.15) is 27.2 Å². The molecule has 4 aromatic rings. The first kappa shape index (κ1) is 18.1. The van der Waals surface area contributed by atoms with Gasteiger partial charge in [-0.25, -0.2) is 0 Å². The number of rotatable bonds is 6. The second-order valence-electron chi connectivity index (χ2n) is 6.86. The van der Waals surface area contributed by atoms with Crippen LogP contribution in [-0.2, 0) is 17.9 Å². The van der Waals surface area contributed by atoms with Gasteiger partial charge in [0.2, 0.25) is 0 Å². The highest BCUT2D eigenvalue weighted by Crippen LogP contribution is 2.24. The third kappa shape index (κ3) is 3.70. The first-order valence-corrected chi connectivity index (χ1v) is 9.15. The van der Waals surface area contributed by atoms with Crippen LogP contribution in [0.2, 0.25) is 0 Å². The number of nitrogens with zero attached hydrogens (tertiary/aromatic N) is 1. The van der Waals surface area contributed by atoms with Crippen molar-refractivity contribution in [2.45, 2.75) is 20.1 Å². The number of nitrogens with one attached hydrogen (secondary N) is 1. The van der Waals surface area contributed by atoms with Crippen LogP contribution in [0.5, 0.6) is 0 Å². The molecule has 0 aliphatic carbocycles. The second kappa shape index (κ2) is 7.74. The van der Waals surface area contributed by atoms with E-state index in [0.29, 0.717) is 24.4 Å². The maximum atomic E-state index is 13.0. The van der Waals surface area contributed by atoms with Crippen molar-refractivity contribution < 1.29 is 13.9 Å². The highest BCUT2D eigenvalue weighted by Gasteiger charge is 2.18. The Morgan fingerprint density at radius 1 is 1.07 bits per heavy atom. The molecule has 0 saturated heterocycles. The van der Waals surface area contributed by atoms with Crippen molar-refractivity contribution in [2.75, 3.05) is 12.4 Å². The minimum atomic E-state index is -0.173. The first-order chi connectivity index (χ1) is 13.6. The van der Waals surface area contributed by atoms with E-state index in [1.807, 2.05) is 34.9 Å². The molecule has 5 nitrogen and oxygen atoms in total. The van der Waals surface area contributed by atoms with Crippen LogP contribution in [0.15, 0.2) is 71.3 Å². The van der Waals surface area contributed by atoms with Gasteiger partial charge < -0.3 is 19.0 Å². The highest BCUT2D eigenvalue weighted by atomic mass is 16.5. The summed E-state index contributed by atoms with van der Waals surface area (Å²) >= 11 is 0. The normalized spacial score (nSPS) is 11.1. The fourth-order valence-corrected chi connectivity index (χ4v) is 3.31. The fourth-order valence-electron chi connectivity index (χ4n) is 3.31. The maximum absolute atomic E-state index is 13.0. The van der Waals surface area contributed by atoms with Gasteiger partial charge >= 0.3 is 0 Å². The standard InChI is InChI=1S/C23H22N2O3/c1-16-6-8-17(9-7-16)14-25-20-10-11-28-22(20)13-21(25)23(26)24-19-5-3-4-18(12-19)15-27-2/h3-13H,14-15H2,1-2H3,(H,24,26). The van der Waals surface area contributed by atoms with Crippen LogP contribution < -0.4 is 5.32 Å². The molecule has 0 bridgehead atoms. The Balaban J connectivity index is 1.64. The summed E-state index contributed by atoms with van der Waals surface area (Å²) in [6, 6.07) is 19.6. The molecule has 0 atom stereocenters. The Morgan fingerprint density at radius 2 is 1.89 bits per heavy atom. The van der Waals surface area contributed by atoms with Gasteiger partial charge in [-0.1, -0.05) is 42.0 Å². The van der Waals surface area contributed by atoms with Gasteiger partial charge in [-0.3, -0.25) is 4.79 Å². The lowest BCUT2D eigenvalue weighted by atomic mass is 10.1. The molecule has 0 fully saturated rings. The number of ether oxygens (including phenoxy) is 1. The summed E-state index contributed by atoms with van der Waals surface area (Å²) < 4.78 is 12.7. The van der Waals surface area contributed by atoms with Crippen LogP contribution in [0, 0.1) is 6.92 Å². The van der Waals surface area contributed by atoms with E-state index in [-0.39, 0.29) is 5.91 Å². The second-order valence-corrected chi connectivity index (χ2v) is 6.86. The Labute approximate surface area is 163 Å². The van der Waals surface area contributed by atoms with Gasteiger partial charge in [-0.15, -0.1) is 0 Å². The number of fused-ring (bicyclic) bond motifs is 1. The Morgan fingerprint density at radius 3 is 2.68 bits per heavy atom. The van der Waals surface area contributed by atoms with Gasteiger partial charge in [0.25, 0.3) is 5.91 Å². The number of methoxy groups -OCH3 is 1. The molecular formula is C23H22N2O3. The lowest BCUT2D eigenvalue weighted by Crippen LogP contribution is -2.17. The summed E-state index contributed by atoms with van der Waals surface area (Å²) in [7, 11) is 1.65. The summed E-state index contributed by atoms with van der Waals surface area (Å²) in [4.78, 5) is 13.0. The van der Waals surface area contributed by atoms with Gasteiger partial charge in [0, 0.05) is 31.5 Å². The number of carbonyl (C=O) groups excluding carboxylic acids is 1. The number of furan rings is 1. The lowest BCUT2D eigenvalue weighted by Gasteiger charge is -2.12. The quantitative estimate of drug-likeness (QED) is 0.517. The molecule has 1 amide bonds. The van der Waals surface area contributed by atoms with E-state index in [9.17, 15) is 4.79 Å². The molecule has 28 heavy (non-hydrogen) atoms. The van der Waals surface area contributed by atoms with Crippen LogP contribution in [-0.4, -0.2) is 17.6 Å². The summed E-state index contributed by atoms with van der Waals surface area (Å²) in [5.41, 5.74) is 6.23. The van der Waals surface area contributed by atoms with E-state index in [2.05, 4.69) is 36.5 Å². The average Bonchev–Trinajstić information content (AvgIpc) is 3.27. The van der Waals surface area contributed by atoms with Crippen molar-refractivity contribution in [3.63, 3.8) is 0 Å². The molecule has 0 unspecified atom stereocenters. The van der Waals surface area contributed by atoms with E-state index in [1.165, 1.54) is 5.56 Å². The fraction of sp³-hybridized carbons (Fsp3) is 0.174. The molecule has 4 rings (SSSR count). The zero-order chi connectivity index (χ0) is 19.5. The van der Waals surface area contributed by atoms with Crippen LogP contribution in [0.25, 0.3) is 11.1 Å². The molecule has 0 spiro atoms. The van der Waals surface area contributed by atoms with Crippen molar-refractivity contribution in [3.8, 4) is 0 Å². The number of anilines is 1. The third-order valence-corrected chi connectivity index (χ3v) is 4.71. The van der Waals surface area contributed by atoms with Crippen molar-refractivity contribution in [1.29, 1.82) is 0 Å². The van der Waals surface area contributed by atoms with Crippen molar-refractivity contribution in [2.24, 2.45) is 0 Å². The molecule has 0 saturated carbocycles. The summed E-state index contributed by atoms with van der Waals surface area (Å²) in [6.45, 7) is 3.15. The summed E-state index contributed by atoms with van der Waals surface area (Å²) in [5.74, 6) is -0.173. The zero-order valence-electron chi connectivity index (χ0n) is 15.9. The van der Waals surface area contributed by atoms with E-state index >= 15 is 0 Å². The van der Waals surface area contributed by atoms with E-state index in [4.69, 9.17) is 9.15 Å². The molecular weight excluding hydrogens is 352 g/mol. The molecule has 0 aliphatic rings. The number of hydrogen-bond donors (Lipinski definition) is 1. The average molecular weight is 374 g/mol. The van der Waals surface area contributed by atoms with E-state index in [0.717, 1.165) is 22.3 Å². The number of hydrogen-bond acceptors (Lipinski definition) is 3. The molecule has 1 N–H and O–H groups in total. The SMILES string of the molecule is COCc1cccc(NC(=O)c2cc3occc3n2Cc2ccc(C)cc2)c1. The number of aryl methyl sites for hydroxylation is 1. The number of carbonyl (C=O) groups is 1. The number of aromatic nitrogens is 1. The summed E-state index contributed by atoms with van der Waals surface area (Å²) in [6.07, 6.45) is 1.65.